The molecule has 60 heavy (non-hydrogen) atoms. The maximum absolute atomic E-state index is 2.44. The number of nitrogens with zero attached hydrogens (tertiary/aromatic N) is 1. The summed E-state index contributed by atoms with van der Waals surface area (Å²) in [4.78, 5) is 2.44. The van der Waals surface area contributed by atoms with E-state index in [2.05, 4.69) is 243 Å². The van der Waals surface area contributed by atoms with E-state index < -0.39 is 0 Å². The zero-order valence-electron chi connectivity index (χ0n) is 33.8. The molecule has 0 fully saturated rings. The van der Waals surface area contributed by atoms with Gasteiger partial charge in [-0.25, -0.2) is 0 Å². The average molecular weight is 766 g/mol. The molecule has 0 spiro atoms. The first-order chi connectivity index (χ1) is 29.5. The largest absolute Gasteiger partial charge is 0.310 e. The van der Waals surface area contributed by atoms with Crippen LogP contribution in [0.2, 0.25) is 0 Å². The van der Waals surface area contributed by atoms with Crippen molar-refractivity contribution >= 4 is 38.6 Å². The van der Waals surface area contributed by atoms with Crippen LogP contribution in [0.15, 0.2) is 224 Å². The molecule has 10 aromatic rings. The van der Waals surface area contributed by atoms with Crippen LogP contribution in [-0.2, 0) is 5.41 Å². The van der Waals surface area contributed by atoms with Crippen molar-refractivity contribution in [3.63, 3.8) is 0 Å². The van der Waals surface area contributed by atoms with Crippen LogP contribution in [-0.4, -0.2) is 0 Å². The molecule has 1 nitrogen and oxygen atoms in total. The van der Waals surface area contributed by atoms with Crippen LogP contribution < -0.4 is 4.90 Å². The molecule has 284 valence electrons. The fraction of sp³-hybridized carbons (Fsp3) is 0.0508. The first-order valence-corrected chi connectivity index (χ1v) is 20.9. The summed E-state index contributed by atoms with van der Waals surface area (Å²) in [7, 11) is 0. The number of anilines is 3. The fourth-order valence-corrected chi connectivity index (χ4v) is 9.70. The zero-order valence-corrected chi connectivity index (χ0v) is 33.8. The van der Waals surface area contributed by atoms with E-state index in [0.717, 1.165) is 17.1 Å². The molecule has 1 heteroatoms. The van der Waals surface area contributed by atoms with Crippen LogP contribution in [0.25, 0.3) is 77.2 Å². The summed E-state index contributed by atoms with van der Waals surface area (Å²) in [5, 5.41) is 4.98. The van der Waals surface area contributed by atoms with Crippen molar-refractivity contribution in [2.24, 2.45) is 0 Å². The quantitative estimate of drug-likeness (QED) is 0.156. The maximum atomic E-state index is 2.44. The predicted molar refractivity (Wildman–Crippen MR) is 255 cm³/mol. The second-order valence-corrected chi connectivity index (χ2v) is 16.5. The molecule has 10 aromatic carbocycles. The first kappa shape index (κ1) is 35.7. The molecular weight excluding hydrogens is 723 g/mol. The van der Waals surface area contributed by atoms with Gasteiger partial charge in [0.05, 0.1) is 5.69 Å². The standard InChI is InChI=1S/C59H43N/c1-59(2)56-25-11-10-21-54(56)55-24-13-23-53(58(55)59)44-30-35-49(36-31-44)60(48-33-28-43(29-34-48)51-22-12-19-41-17-8-9-20-50(41)51)57-39-47(32-37-52(57)42-15-4-3-5-16-42)46-27-26-40-14-6-7-18-45(40)38-46/h3-39H,1-2H3. The molecule has 1 aliphatic rings. The Morgan fingerprint density at radius 3 is 1.62 bits per heavy atom. The van der Waals surface area contributed by atoms with Crippen molar-refractivity contribution in [2.45, 2.75) is 19.3 Å². The van der Waals surface area contributed by atoms with Crippen LogP contribution in [0.3, 0.4) is 0 Å². The van der Waals surface area contributed by atoms with Gasteiger partial charge >= 0.3 is 0 Å². The number of fused-ring (bicyclic) bond motifs is 5. The Kier molecular flexibility index (Phi) is 8.57. The Morgan fingerprint density at radius 1 is 0.317 bits per heavy atom. The van der Waals surface area contributed by atoms with Gasteiger partial charge in [-0.05, 0) is 119 Å². The van der Waals surface area contributed by atoms with Gasteiger partial charge in [-0.15, -0.1) is 0 Å². The van der Waals surface area contributed by atoms with Crippen LogP contribution in [0.5, 0.6) is 0 Å². The molecule has 0 N–H and O–H groups in total. The van der Waals surface area contributed by atoms with Crippen molar-refractivity contribution in [1.29, 1.82) is 0 Å². The molecule has 0 aliphatic heterocycles. The molecule has 0 heterocycles. The molecule has 0 aromatic heterocycles. The summed E-state index contributed by atoms with van der Waals surface area (Å²) in [5.41, 5.74) is 18.3. The van der Waals surface area contributed by atoms with Gasteiger partial charge in [0, 0.05) is 22.4 Å². The van der Waals surface area contributed by atoms with E-state index in [1.165, 1.54) is 88.3 Å². The van der Waals surface area contributed by atoms with E-state index in [1.54, 1.807) is 0 Å². The molecular formula is C59H43N. The van der Waals surface area contributed by atoms with Crippen molar-refractivity contribution in [2.75, 3.05) is 4.90 Å². The number of hydrogen-bond donors (Lipinski definition) is 0. The second kappa shape index (κ2) is 14.4. The van der Waals surface area contributed by atoms with E-state index in [-0.39, 0.29) is 5.41 Å². The summed E-state index contributed by atoms with van der Waals surface area (Å²) in [6.07, 6.45) is 0. The van der Waals surface area contributed by atoms with Crippen molar-refractivity contribution in [3.05, 3.63) is 236 Å². The van der Waals surface area contributed by atoms with E-state index in [9.17, 15) is 0 Å². The molecule has 0 bridgehead atoms. The highest BCUT2D eigenvalue weighted by Crippen LogP contribution is 2.52. The van der Waals surface area contributed by atoms with Gasteiger partial charge in [0.25, 0.3) is 0 Å². The van der Waals surface area contributed by atoms with Gasteiger partial charge in [0.15, 0.2) is 0 Å². The lowest BCUT2D eigenvalue weighted by molar-refractivity contribution is 0.662. The molecule has 0 saturated carbocycles. The van der Waals surface area contributed by atoms with E-state index >= 15 is 0 Å². The van der Waals surface area contributed by atoms with Gasteiger partial charge < -0.3 is 4.90 Å². The smallest absolute Gasteiger partial charge is 0.0546 e. The lowest BCUT2D eigenvalue weighted by atomic mass is 9.79. The van der Waals surface area contributed by atoms with Crippen molar-refractivity contribution in [3.8, 4) is 55.6 Å². The Labute approximate surface area is 352 Å². The third-order valence-electron chi connectivity index (χ3n) is 12.6. The van der Waals surface area contributed by atoms with Gasteiger partial charge in [-0.1, -0.05) is 202 Å². The fourth-order valence-electron chi connectivity index (χ4n) is 9.70. The van der Waals surface area contributed by atoms with Crippen LogP contribution in [0.4, 0.5) is 17.1 Å². The molecule has 0 atom stereocenters. The average Bonchev–Trinajstić information content (AvgIpc) is 3.55. The van der Waals surface area contributed by atoms with Crippen LogP contribution in [0.1, 0.15) is 25.0 Å². The Bertz CT molecular complexity index is 3200. The molecule has 0 saturated heterocycles. The summed E-state index contributed by atoms with van der Waals surface area (Å²) >= 11 is 0. The third-order valence-corrected chi connectivity index (χ3v) is 12.6. The normalized spacial score (nSPS) is 12.6. The summed E-state index contributed by atoms with van der Waals surface area (Å²) in [6, 6.07) is 82.4. The number of benzene rings is 10. The lowest BCUT2D eigenvalue weighted by Crippen LogP contribution is -2.16. The van der Waals surface area contributed by atoms with Gasteiger partial charge in [0.1, 0.15) is 0 Å². The van der Waals surface area contributed by atoms with E-state index in [4.69, 9.17) is 0 Å². The Hall–Kier alpha value is -7.48. The third kappa shape index (κ3) is 6.01. The maximum Gasteiger partial charge on any atom is 0.0546 e. The molecule has 0 amide bonds. The second-order valence-electron chi connectivity index (χ2n) is 16.5. The molecule has 11 rings (SSSR count). The van der Waals surface area contributed by atoms with E-state index in [1.807, 2.05) is 0 Å². The van der Waals surface area contributed by atoms with Crippen LogP contribution in [0, 0.1) is 0 Å². The highest BCUT2D eigenvalue weighted by molar-refractivity contribution is 5.98. The monoisotopic (exact) mass is 765 g/mol. The topological polar surface area (TPSA) is 3.24 Å². The number of rotatable bonds is 7. The first-order valence-electron chi connectivity index (χ1n) is 20.9. The summed E-state index contributed by atoms with van der Waals surface area (Å²) < 4.78 is 0. The molecule has 1 aliphatic carbocycles. The van der Waals surface area contributed by atoms with Gasteiger partial charge in [0.2, 0.25) is 0 Å². The van der Waals surface area contributed by atoms with Gasteiger partial charge in [-0.2, -0.15) is 0 Å². The summed E-state index contributed by atoms with van der Waals surface area (Å²) in [5.74, 6) is 0. The van der Waals surface area contributed by atoms with Crippen molar-refractivity contribution < 1.29 is 0 Å². The minimum Gasteiger partial charge on any atom is -0.310 e. The lowest BCUT2D eigenvalue weighted by Gasteiger charge is -2.29. The summed E-state index contributed by atoms with van der Waals surface area (Å²) in [6.45, 7) is 4.74. The van der Waals surface area contributed by atoms with Gasteiger partial charge in [-0.3, -0.25) is 0 Å². The number of hydrogen-bond acceptors (Lipinski definition) is 1. The highest BCUT2D eigenvalue weighted by atomic mass is 15.1. The molecule has 0 unspecified atom stereocenters. The Morgan fingerprint density at radius 2 is 0.833 bits per heavy atom. The predicted octanol–water partition coefficient (Wildman–Crippen LogP) is 16.4. The van der Waals surface area contributed by atoms with E-state index in [0.29, 0.717) is 0 Å². The SMILES string of the molecule is CC1(C)c2ccccc2-c2cccc(-c3ccc(N(c4ccc(-c5cccc6ccccc56)cc4)c4cc(-c5ccc6ccccc6c5)ccc4-c4ccccc4)cc3)c21. The minimum absolute atomic E-state index is 0.104. The highest BCUT2D eigenvalue weighted by Gasteiger charge is 2.37. The minimum atomic E-state index is -0.104. The van der Waals surface area contributed by atoms with Crippen molar-refractivity contribution in [1.82, 2.24) is 0 Å². The van der Waals surface area contributed by atoms with Crippen LogP contribution >= 0.6 is 0 Å². The Balaban J connectivity index is 1.09. The molecule has 0 radical (unpaired) electrons. The zero-order chi connectivity index (χ0) is 40.2.